The van der Waals surface area contributed by atoms with Crippen molar-refractivity contribution in [3.05, 3.63) is 59.9 Å². The SMILES string of the molecule is CC(Oc1cccc(C(C)C)c1)C(=O)NCc1cccnc1. The first-order chi connectivity index (χ1) is 10.6. The van der Waals surface area contributed by atoms with Gasteiger partial charge in [-0.05, 0) is 42.2 Å². The van der Waals surface area contributed by atoms with Crippen LogP contribution in [0.2, 0.25) is 0 Å². The van der Waals surface area contributed by atoms with E-state index < -0.39 is 6.10 Å². The van der Waals surface area contributed by atoms with E-state index in [0.29, 0.717) is 12.5 Å². The van der Waals surface area contributed by atoms with Crippen LogP contribution in [0.25, 0.3) is 0 Å². The molecule has 1 unspecified atom stereocenters. The number of carbonyl (C=O) groups excluding carboxylic acids is 1. The largest absolute Gasteiger partial charge is 0.481 e. The predicted molar refractivity (Wildman–Crippen MR) is 86.7 cm³/mol. The molecule has 1 atom stereocenters. The fourth-order valence-corrected chi connectivity index (χ4v) is 2.04. The van der Waals surface area contributed by atoms with Crippen LogP contribution in [-0.4, -0.2) is 17.0 Å². The number of nitrogens with zero attached hydrogens (tertiary/aromatic N) is 1. The van der Waals surface area contributed by atoms with Crippen LogP contribution in [-0.2, 0) is 11.3 Å². The molecule has 1 N–H and O–H groups in total. The van der Waals surface area contributed by atoms with E-state index in [4.69, 9.17) is 4.74 Å². The molecule has 4 nitrogen and oxygen atoms in total. The smallest absolute Gasteiger partial charge is 0.261 e. The van der Waals surface area contributed by atoms with Crippen molar-refractivity contribution in [1.82, 2.24) is 10.3 Å². The molecule has 0 radical (unpaired) electrons. The zero-order valence-electron chi connectivity index (χ0n) is 13.2. The van der Waals surface area contributed by atoms with Gasteiger partial charge in [-0.2, -0.15) is 0 Å². The van der Waals surface area contributed by atoms with E-state index in [9.17, 15) is 4.79 Å². The Hall–Kier alpha value is -2.36. The second-order valence-electron chi connectivity index (χ2n) is 5.57. The molecule has 1 aromatic heterocycles. The molecule has 0 spiro atoms. The normalized spacial score (nSPS) is 12.0. The molecule has 2 rings (SSSR count). The fourth-order valence-electron chi connectivity index (χ4n) is 2.04. The Morgan fingerprint density at radius 3 is 2.73 bits per heavy atom. The summed E-state index contributed by atoms with van der Waals surface area (Å²) in [5, 5.41) is 2.85. The van der Waals surface area contributed by atoms with Crippen molar-refractivity contribution in [2.24, 2.45) is 0 Å². The Kier molecular flexibility index (Phi) is 5.53. The molecular formula is C18H22N2O2. The van der Waals surface area contributed by atoms with Crippen LogP contribution < -0.4 is 10.1 Å². The van der Waals surface area contributed by atoms with Gasteiger partial charge in [0.15, 0.2) is 6.10 Å². The molecule has 0 aliphatic heterocycles. The standard InChI is InChI=1S/C18H22N2O2/c1-13(2)16-7-4-8-17(10-16)22-14(3)18(21)20-12-15-6-5-9-19-11-15/h4-11,13-14H,12H2,1-3H3,(H,20,21). The number of ether oxygens (including phenoxy) is 1. The van der Waals surface area contributed by atoms with Crippen molar-refractivity contribution in [3.63, 3.8) is 0 Å². The number of rotatable bonds is 6. The Morgan fingerprint density at radius 1 is 1.23 bits per heavy atom. The summed E-state index contributed by atoms with van der Waals surface area (Å²) < 4.78 is 5.73. The van der Waals surface area contributed by atoms with Gasteiger partial charge in [-0.25, -0.2) is 0 Å². The highest BCUT2D eigenvalue weighted by Crippen LogP contribution is 2.20. The average molecular weight is 298 g/mol. The van der Waals surface area contributed by atoms with Gasteiger partial charge in [0.05, 0.1) is 0 Å². The van der Waals surface area contributed by atoms with E-state index in [-0.39, 0.29) is 5.91 Å². The molecule has 0 aliphatic rings. The molecule has 0 saturated heterocycles. The maximum atomic E-state index is 12.1. The first-order valence-corrected chi connectivity index (χ1v) is 7.49. The van der Waals surface area contributed by atoms with Gasteiger partial charge in [0.1, 0.15) is 5.75 Å². The van der Waals surface area contributed by atoms with Gasteiger partial charge >= 0.3 is 0 Å². The van der Waals surface area contributed by atoms with E-state index >= 15 is 0 Å². The molecule has 1 heterocycles. The second kappa shape index (κ2) is 7.59. The van der Waals surface area contributed by atoms with Gasteiger partial charge in [0.2, 0.25) is 0 Å². The van der Waals surface area contributed by atoms with Gasteiger partial charge in [0.25, 0.3) is 5.91 Å². The highest BCUT2D eigenvalue weighted by molar-refractivity contribution is 5.80. The first kappa shape index (κ1) is 16.0. The Morgan fingerprint density at radius 2 is 2.05 bits per heavy atom. The van der Waals surface area contributed by atoms with Crippen molar-refractivity contribution in [1.29, 1.82) is 0 Å². The number of amides is 1. The van der Waals surface area contributed by atoms with Gasteiger partial charge in [-0.3, -0.25) is 9.78 Å². The Balaban J connectivity index is 1.89. The summed E-state index contributed by atoms with van der Waals surface area (Å²) >= 11 is 0. The number of aromatic nitrogens is 1. The van der Waals surface area contributed by atoms with Gasteiger partial charge in [-0.1, -0.05) is 32.0 Å². The van der Waals surface area contributed by atoms with Crippen LogP contribution in [0.3, 0.4) is 0 Å². The van der Waals surface area contributed by atoms with Crippen molar-refractivity contribution in [2.45, 2.75) is 39.3 Å². The maximum absolute atomic E-state index is 12.1. The number of hydrogen-bond donors (Lipinski definition) is 1. The lowest BCUT2D eigenvalue weighted by atomic mass is 10.0. The third-order valence-corrected chi connectivity index (χ3v) is 3.40. The topological polar surface area (TPSA) is 51.2 Å². The van der Waals surface area contributed by atoms with Crippen molar-refractivity contribution < 1.29 is 9.53 Å². The fraction of sp³-hybridized carbons (Fsp3) is 0.333. The molecule has 22 heavy (non-hydrogen) atoms. The molecule has 1 aromatic carbocycles. The second-order valence-corrected chi connectivity index (χ2v) is 5.57. The lowest BCUT2D eigenvalue weighted by Crippen LogP contribution is -2.35. The van der Waals surface area contributed by atoms with Gasteiger partial charge in [0, 0.05) is 18.9 Å². The van der Waals surface area contributed by atoms with Gasteiger partial charge in [-0.15, -0.1) is 0 Å². The Bertz CT molecular complexity index is 611. The third-order valence-electron chi connectivity index (χ3n) is 3.40. The zero-order chi connectivity index (χ0) is 15.9. The molecule has 0 fully saturated rings. The van der Waals surface area contributed by atoms with Crippen LogP contribution in [0.4, 0.5) is 0 Å². The summed E-state index contributed by atoms with van der Waals surface area (Å²) in [5.74, 6) is 1.01. The predicted octanol–water partition coefficient (Wildman–Crippen LogP) is 3.29. The highest BCUT2D eigenvalue weighted by Gasteiger charge is 2.14. The number of carbonyl (C=O) groups is 1. The van der Waals surface area contributed by atoms with Crippen molar-refractivity contribution >= 4 is 5.91 Å². The van der Waals surface area contributed by atoms with Gasteiger partial charge < -0.3 is 10.1 Å². The van der Waals surface area contributed by atoms with E-state index in [0.717, 1.165) is 11.3 Å². The molecule has 0 bridgehead atoms. The number of pyridine rings is 1. The number of hydrogen-bond acceptors (Lipinski definition) is 3. The Labute approximate surface area is 131 Å². The van der Waals surface area contributed by atoms with E-state index in [1.165, 1.54) is 5.56 Å². The quantitative estimate of drug-likeness (QED) is 0.890. The number of benzene rings is 1. The van der Waals surface area contributed by atoms with E-state index in [2.05, 4.69) is 30.2 Å². The summed E-state index contributed by atoms with van der Waals surface area (Å²) in [4.78, 5) is 16.1. The lowest BCUT2D eigenvalue weighted by molar-refractivity contribution is -0.127. The van der Waals surface area contributed by atoms with Crippen LogP contribution in [0.15, 0.2) is 48.8 Å². The van der Waals surface area contributed by atoms with Crippen LogP contribution in [0.5, 0.6) is 5.75 Å². The lowest BCUT2D eigenvalue weighted by Gasteiger charge is -2.16. The average Bonchev–Trinajstić information content (AvgIpc) is 2.53. The molecule has 0 aliphatic carbocycles. The summed E-state index contributed by atoms with van der Waals surface area (Å²) in [5.41, 5.74) is 2.16. The van der Waals surface area contributed by atoms with Crippen molar-refractivity contribution in [2.75, 3.05) is 0 Å². The van der Waals surface area contributed by atoms with Crippen LogP contribution in [0.1, 0.15) is 37.8 Å². The minimum Gasteiger partial charge on any atom is -0.481 e. The zero-order valence-corrected chi connectivity index (χ0v) is 13.2. The molecule has 116 valence electrons. The highest BCUT2D eigenvalue weighted by atomic mass is 16.5. The monoisotopic (exact) mass is 298 g/mol. The molecule has 2 aromatic rings. The first-order valence-electron chi connectivity index (χ1n) is 7.49. The minimum absolute atomic E-state index is 0.140. The third kappa shape index (κ3) is 4.58. The summed E-state index contributed by atoms with van der Waals surface area (Å²) in [6.45, 7) is 6.46. The summed E-state index contributed by atoms with van der Waals surface area (Å²) in [6, 6.07) is 11.6. The van der Waals surface area contributed by atoms with Crippen molar-refractivity contribution in [3.8, 4) is 5.75 Å². The summed E-state index contributed by atoms with van der Waals surface area (Å²) in [7, 11) is 0. The number of nitrogens with one attached hydrogen (secondary N) is 1. The minimum atomic E-state index is -0.543. The summed E-state index contributed by atoms with van der Waals surface area (Å²) in [6.07, 6.45) is 2.90. The van der Waals surface area contributed by atoms with Crippen LogP contribution in [0, 0.1) is 0 Å². The molecular weight excluding hydrogens is 276 g/mol. The maximum Gasteiger partial charge on any atom is 0.261 e. The molecule has 1 amide bonds. The molecule has 0 saturated carbocycles. The van der Waals surface area contributed by atoms with E-state index in [1.807, 2.05) is 30.3 Å². The molecule has 4 heteroatoms. The van der Waals surface area contributed by atoms with Crippen LogP contribution >= 0.6 is 0 Å². The van der Waals surface area contributed by atoms with E-state index in [1.54, 1.807) is 19.3 Å².